The van der Waals surface area contributed by atoms with E-state index in [1.807, 2.05) is 18.4 Å². The van der Waals surface area contributed by atoms with Gasteiger partial charge in [-0.2, -0.15) is 0 Å². The summed E-state index contributed by atoms with van der Waals surface area (Å²) in [6.45, 7) is 1.96. The van der Waals surface area contributed by atoms with Crippen LogP contribution in [0.25, 0.3) is 6.08 Å². The lowest BCUT2D eigenvalue weighted by Crippen LogP contribution is -2.24. The number of hydrogen-bond donors (Lipinski definition) is 0. The summed E-state index contributed by atoms with van der Waals surface area (Å²) >= 11 is 6.45. The molecular formula is C12H10O2S2. The third-order valence-electron chi connectivity index (χ3n) is 2.49. The van der Waals surface area contributed by atoms with Gasteiger partial charge in [0.2, 0.25) is 0 Å². The Morgan fingerprint density at radius 3 is 2.44 bits per heavy atom. The third kappa shape index (κ3) is 2.18. The predicted molar refractivity (Wildman–Crippen MR) is 68.9 cm³/mol. The van der Waals surface area contributed by atoms with Crippen molar-refractivity contribution in [3.05, 3.63) is 27.5 Å². The third-order valence-corrected chi connectivity index (χ3v) is 3.75. The van der Waals surface area contributed by atoms with Crippen molar-refractivity contribution in [3.63, 3.8) is 0 Å². The molecule has 2 rings (SSSR count). The molecule has 1 fully saturated rings. The molecule has 1 aromatic rings. The quantitative estimate of drug-likeness (QED) is 0.436. The minimum Gasteiger partial charge on any atom is -0.294 e. The maximum absolute atomic E-state index is 11.7. The first kappa shape index (κ1) is 11.4. The van der Waals surface area contributed by atoms with Gasteiger partial charge in [0.15, 0.2) is 11.6 Å². The summed E-state index contributed by atoms with van der Waals surface area (Å²) in [6.07, 6.45) is 2.17. The molecule has 0 unspecified atom stereocenters. The van der Waals surface area contributed by atoms with Crippen molar-refractivity contribution >= 4 is 46.1 Å². The molecule has 0 aromatic carbocycles. The van der Waals surface area contributed by atoms with Gasteiger partial charge in [0.1, 0.15) is 0 Å². The highest BCUT2D eigenvalue weighted by molar-refractivity contribution is 7.80. The average Bonchev–Trinajstić information content (AvgIpc) is 2.57. The summed E-state index contributed by atoms with van der Waals surface area (Å²) in [5.74, 6) is -0.289. The number of Topliss-reactive ketones (excluding diaryl/α,β-unsaturated/α-hetero) is 2. The van der Waals surface area contributed by atoms with Crippen LogP contribution in [0.5, 0.6) is 0 Å². The summed E-state index contributed by atoms with van der Waals surface area (Å²) in [6, 6.07) is 1.97. The van der Waals surface area contributed by atoms with Crippen molar-refractivity contribution in [1.82, 2.24) is 0 Å². The molecule has 0 radical (unpaired) electrons. The predicted octanol–water partition coefficient (Wildman–Crippen LogP) is 2.74. The Bertz CT molecular complexity index is 487. The molecule has 1 aromatic heterocycles. The monoisotopic (exact) mass is 250 g/mol. The van der Waals surface area contributed by atoms with Crippen molar-refractivity contribution in [3.8, 4) is 0 Å². The van der Waals surface area contributed by atoms with Crippen LogP contribution in [0.3, 0.4) is 0 Å². The highest BCUT2D eigenvalue weighted by Crippen LogP contribution is 2.23. The topological polar surface area (TPSA) is 34.1 Å². The maximum atomic E-state index is 11.7. The highest BCUT2D eigenvalue weighted by atomic mass is 32.1. The lowest BCUT2D eigenvalue weighted by molar-refractivity contribution is -0.121. The molecule has 0 amide bonds. The van der Waals surface area contributed by atoms with Crippen LogP contribution in [0.15, 0.2) is 17.0 Å². The second kappa shape index (κ2) is 4.39. The fourth-order valence-corrected chi connectivity index (χ4v) is 2.71. The number of rotatable bonds is 1. The first-order valence-corrected chi connectivity index (χ1v) is 6.20. The number of aryl methyl sites for hydroxylation is 1. The Morgan fingerprint density at radius 1 is 1.31 bits per heavy atom. The first-order chi connectivity index (χ1) is 7.58. The minimum atomic E-state index is -0.144. The zero-order chi connectivity index (χ0) is 11.7. The molecule has 0 N–H and O–H groups in total. The second-order valence-corrected chi connectivity index (χ2v) is 5.29. The maximum Gasteiger partial charge on any atom is 0.171 e. The molecule has 4 heteroatoms. The van der Waals surface area contributed by atoms with Crippen LogP contribution < -0.4 is 0 Å². The van der Waals surface area contributed by atoms with Gasteiger partial charge in [0.05, 0.1) is 5.57 Å². The van der Waals surface area contributed by atoms with Crippen LogP contribution in [-0.2, 0) is 9.59 Å². The molecule has 0 aliphatic heterocycles. The molecule has 0 atom stereocenters. The van der Waals surface area contributed by atoms with Crippen LogP contribution in [0.2, 0.25) is 0 Å². The van der Waals surface area contributed by atoms with E-state index < -0.39 is 0 Å². The first-order valence-electron chi connectivity index (χ1n) is 4.92. The van der Waals surface area contributed by atoms with Gasteiger partial charge in [-0.25, -0.2) is 0 Å². The molecule has 1 aliphatic rings. The number of carbonyl (C=O) groups is 2. The summed E-state index contributed by atoms with van der Waals surface area (Å²) in [5.41, 5.74) is 1.39. The van der Waals surface area contributed by atoms with E-state index in [1.54, 1.807) is 6.08 Å². The lowest BCUT2D eigenvalue weighted by Gasteiger charge is -2.12. The normalized spacial score (nSPS) is 16.8. The van der Waals surface area contributed by atoms with Gasteiger partial charge >= 0.3 is 0 Å². The Morgan fingerprint density at radius 2 is 1.94 bits per heavy atom. The van der Waals surface area contributed by atoms with E-state index in [0.717, 1.165) is 10.4 Å². The van der Waals surface area contributed by atoms with Gasteiger partial charge < -0.3 is 0 Å². The van der Waals surface area contributed by atoms with E-state index in [4.69, 9.17) is 12.2 Å². The van der Waals surface area contributed by atoms with E-state index in [0.29, 0.717) is 10.4 Å². The van der Waals surface area contributed by atoms with E-state index in [-0.39, 0.29) is 24.4 Å². The van der Waals surface area contributed by atoms with Gasteiger partial charge in [-0.1, -0.05) is 12.2 Å². The van der Waals surface area contributed by atoms with E-state index in [2.05, 4.69) is 0 Å². The van der Waals surface area contributed by atoms with Crippen LogP contribution in [0.4, 0.5) is 0 Å². The van der Waals surface area contributed by atoms with Gasteiger partial charge in [-0.3, -0.25) is 9.59 Å². The number of thiophene rings is 1. The molecule has 82 valence electrons. The van der Waals surface area contributed by atoms with E-state index in [9.17, 15) is 9.59 Å². The van der Waals surface area contributed by atoms with Crippen molar-refractivity contribution < 1.29 is 9.59 Å². The number of carbonyl (C=O) groups excluding carboxylic acids is 2. The number of allylic oxidation sites excluding steroid dienone is 1. The van der Waals surface area contributed by atoms with Crippen molar-refractivity contribution in [2.24, 2.45) is 0 Å². The molecule has 2 nitrogen and oxygen atoms in total. The molecular weight excluding hydrogens is 240 g/mol. The fourth-order valence-electron chi connectivity index (χ4n) is 1.59. The van der Waals surface area contributed by atoms with E-state index in [1.165, 1.54) is 11.3 Å². The van der Waals surface area contributed by atoms with Crippen LogP contribution >= 0.6 is 23.6 Å². The van der Waals surface area contributed by atoms with Crippen molar-refractivity contribution in [2.45, 2.75) is 19.8 Å². The Labute approximate surface area is 103 Å². The lowest BCUT2D eigenvalue weighted by atomic mass is 9.91. The van der Waals surface area contributed by atoms with Gasteiger partial charge in [-0.15, -0.1) is 11.3 Å². The zero-order valence-corrected chi connectivity index (χ0v) is 10.4. The number of hydrogen-bond acceptors (Lipinski definition) is 4. The fraction of sp³-hybridized carbons (Fsp3) is 0.250. The largest absolute Gasteiger partial charge is 0.294 e. The van der Waals surface area contributed by atoms with Crippen LogP contribution in [0.1, 0.15) is 23.3 Å². The summed E-state index contributed by atoms with van der Waals surface area (Å²) < 4.78 is 0. The van der Waals surface area contributed by atoms with Crippen molar-refractivity contribution in [1.29, 1.82) is 0 Å². The Balaban J connectivity index is 2.37. The number of ketones is 2. The second-order valence-electron chi connectivity index (χ2n) is 3.76. The molecule has 1 aliphatic carbocycles. The molecule has 0 spiro atoms. The minimum absolute atomic E-state index is 0.144. The molecule has 0 bridgehead atoms. The van der Waals surface area contributed by atoms with Crippen molar-refractivity contribution in [2.75, 3.05) is 0 Å². The number of thiocarbonyl (C=S) groups is 1. The summed E-state index contributed by atoms with van der Waals surface area (Å²) in [4.78, 5) is 24.9. The SMILES string of the molecule is Cc1ccsc1C=C1C(=O)CC(=S)CC1=O. The zero-order valence-electron chi connectivity index (χ0n) is 8.78. The standard InChI is InChI=1S/C12H10O2S2/c1-7-2-3-16-12(7)6-9-10(13)4-8(15)5-11(9)14/h2-3,6H,4-5H2,1H3. The molecule has 1 heterocycles. The summed E-state index contributed by atoms with van der Waals surface area (Å²) in [5, 5.41) is 1.95. The molecule has 1 saturated carbocycles. The van der Waals surface area contributed by atoms with Gasteiger partial charge in [0, 0.05) is 22.6 Å². The Kier molecular flexibility index (Phi) is 3.12. The van der Waals surface area contributed by atoms with Crippen LogP contribution in [0, 0.1) is 6.92 Å². The van der Waals surface area contributed by atoms with Crippen LogP contribution in [-0.4, -0.2) is 16.4 Å². The molecule has 0 saturated heterocycles. The summed E-state index contributed by atoms with van der Waals surface area (Å²) in [7, 11) is 0. The molecule has 16 heavy (non-hydrogen) atoms. The highest BCUT2D eigenvalue weighted by Gasteiger charge is 2.26. The van der Waals surface area contributed by atoms with Gasteiger partial charge in [0.25, 0.3) is 0 Å². The van der Waals surface area contributed by atoms with E-state index >= 15 is 0 Å². The van der Waals surface area contributed by atoms with Gasteiger partial charge in [-0.05, 0) is 30.0 Å². The Hall–Kier alpha value is -1.13. The average molecular weight is 250 g/mol. The smallest absolute Gasteiger partial charge is 0.171 e.